The van der Waals surface area contributed by atoms with Gasteiger partial charge in [-0.05, 0) is 25.3 Å². The number of imidazole rings is 1. The van der Waals surface area contributed by atoms with Crippen LogP contribution in [0.1, 0.15) is 44.5 Å². The summed E-state index contributed by atoms with van der Waals surface area (Å²) in [6, 6.07) is 9.83. The fraction of sp³-hybridized carbons (Fsp3) is 0.444. The number of carbonyl (C=O) groups is 1. The first-order valence-corrected chi connectivity index (χ1v) is 8.23. The smallest absolute Gasteiger partial charge is 0.246 e. The zero-order valence-electron chi connectivity index (χ0n) is 13.4. The lowest BCUT2D eigenvalue weighted by atomic mass is 10.2. The predicted molar refractivity (Wildman–Crippen MR) is 88.8 cm³/mol. The van der Waals surface area contributed by atoms with Crippen LogP contribution in [0.5, 0.6) is 0 Å². The number of ether oxygens (including phenoxy) is 1. The van der Waals surface area contributed by atoms with Crippen molar-refractivity contribution in [3.8, 4) is 11.3 Å². The molecule has 1 aliphatic carbocycles. The fourth-order valence-corrected chi connectivity index (χ4v) is 2.92. The van der Waals surface area contributed by atoms with E-state index < -0.39 is 0 Å². The lowest BCUT2D eigenvalue weighted by Crippen LogP contribution is -2.32. The molecule has 0 aliphatic heterocycles. The second-order valence-corrected chi connectivity index (χ2v) is 6.05. The number of carbonyl (C=O) groups excluding carboxylic acids is 1. The van der Waals surface area contributed by atoms with Gasteiger partial charge in [0.2, 0.25) is 5.91 Å². The normalized spacial score (nSPS) is 16.4. The molecular formula is C18H23N3O2. The molecule has 0 saturated heterocycles. The molecule has 2 N–H and O–H groups in total. The van der Waals surface area contributed by atoms with Crippen LogP contribution in [0.2, 0.25) is 0 Å². The summed E-state index contributed by atoms with van der Waals surface area (Å²) >= 11 is 0. The van der Waals surface area contributed by atoms with Crippen LogP contribution in [0.3, 0.4) is 0 Å². The number of rotatable bonds is 6. The maximum atomic E-state index is 12.0. The summed E-state index contributed by atoms with van der Waals surface area (Å²) in [6.07, 6.45) is 6.60. The van der Waals surface area contributed by atoms with Crippen molar-refractivity contribution >= 4 is 5.91 Å². The number of aromatic amines is 1. The summed E-state index contributed by atoms with van der Waals surface area (Å²) in [6.45, 7) is 2.04. The maximum Gasteiger partial charge on any atom is 0.246 e. The minimum Gasteiger partial charge on any atom is -0.368 e. The van der Waals surface area contributed by atoms with Crippen molar-refractivity contribution in [1.29, 1.82) is 0 Å². The molecule has 1 amide bonds. The number of hydrogen-bond donors (Lipinski definition) is 2. The second kappa shape index (κ2) is 7.42. The molecule has 1 atom stereocenters. The molecule has 23 heavy (non-hydrogen) atoms. The van der Waals surface area contributed by atoms with Crippen LogP contribution < -0.4 is 5.32 Å². The molecule has 1 aromatic carbocycles. The SMILES string of the molecule is C[C@H](NC(=O)COC1CCCC1)c1ncc(-c2ccccc2)[nH]1. The van der Waals surface area contributed by atoms with E-state index >= 15 is 0 Å². The molecule has 0 radical (unpaired) electrons. The molecule has 5 heteroatoms. The molecule has 122 valence electrons. The van der Waals surface area contributed by atoms with Crippen molar-refractivity contribution in [1.82, 2.24) is 15.3 Å². The molecule has 1 aromatic heterocycles. The Morgan fingerprint density at radius 1 is 1.35 bits per heavy atom. The first-order chi connectivity index (χ1) is 11.2. The lowest BCUT2D eigenvalue weighted by molar-refractivity contribution is -0.128. The molecule has 2 aromatic rings. The van der Waals surface area contributed by atoms with Gasteiger partial charge in [-0.2, -0.15) is 0 Å². The Morgan fingerprint density at radius 2 is 2.09 bits per heavy atom. The highest BCUT2D eigenvalue weighted by Gasteiger charge is 2.18. The number of H-pyrrole nitrogens is 1. The summed E-state index contributed by atoms with van der Waals surface area (Å²) in [7, 11) is 0. The van der Waals surface area contributed by atoms with E-state index in [1.165, 1.54) is 12.8 Å². The van der Waals surface area contributed by atoms with E-state index in [1.54, 1.807) is 6.20 Å². The number of amides is 1. The Labute approximate surface area is 136 Å². The zero-order valence-corrected chi connectivity index (χ0v) is 13.4. The quantitative estimate of drug-likeness (QED) is 0.860. The van der Waals surface area contributed by atoms with E-state index in [-0.39, 0.29) is 24.7 Å². The van der Waals surface area contributed by atoms with Crippen LogP contribution in [0.4, 0.5) is 0 Å². The van der Waals surface area contributed by atoms with Gasteiger partial charge in [0.1, 0.15) is 12.4 Å². The number of hydrogen-bond acceptors (Lipinski definition) is 3. The molecule has 0 bridgehead atoms. The van der Waals surface area contributed by atoms with Gasteiger partial charge in [-0.1, -0.05) is 43.2 Å². The summed E-state index contributed by atoms with van der Waals surface area (Å²) < 4.78 is 5.63. The minimum atomic E-state index is -0.174. The molecular weight excluding hydrogens is 290 g/mol. The summed E-state index contributed by atoms with van der Waals surface area (Å²) in [5, 5.41) is 2.93. The average Bonchev–Trinajstić information content (AvgIpc) is 3.25. The van der Waals surface area contributed by atoms with Crippen LogP contribution in [0.25, 0.3) is 11.3 Å². The molecule has 0 spiro atoms. The van der Waals surface area contributed by atoms with Gasteiger partial charge in [-0.3, -0.25) is 4.79 Å². The number of nitrogens with zero attached hydrogens (tertiary/aromatic N) is 1. The summed E-state index contributed by atoms with van der Waals surface area (Å²) in [4.78, 5) is 19.6. The largest absolute Gasteiger partial charge is 0.368 e. The maximum absolute atomic E-state index is 12.0. The van der Waals surface area contributed by atoms with E-state index in [0.29, 0.717) is 0 Å². The number of aromatic nitrogens is 2. The monoisotopic (exact) mass is 313 g/mol. The van der Waals surface area contributed by atoms with Gasteiger partial charge in [0.15, 0.2) is 0 Å². The van der Waals surface area contributed by atoms with Gasteiger partial charge in [-0.15, -0.1) is 0 Å². The Morgan fingerprint density at radius 3 is 2.83 bits per heavy atom. The van der Waals surface area contributed by atoms with Crippen LogP contribution in [-0.2, 0) is 9.53 Å². The summed E-state index contributed by atoms with van der Waals surface area (Å²) in [5.41, 5.74) is 2.03. The molecule has 3 rings (SSSR count). The van der Waals surface area contributed by atoms with Crippen molar-refractivity contribution in [3.05, 3.63) is 42.4 Å². The van der Waals surface area contributed by atoms with Crippen LogP contribution in [-0.4, -0.2) is 28.6 Å². The Balaban J connectivity index is 1.52. The third-order valence-electron chi connectivity index (χ3n) is 4.22. The third kappa shape index (κ3) is 4.20. The lowest BCUT2D eigenvalue weighted by Gasteiger charge is -2.14. The van der Waals surface area contributed by atoms with Crippen LogP contribution in [0, 0.1) is 0 Å². The van der Waals surface area contributed by atoms with Gasteiger partial charge in [-0.25, -0.2) is 4.98 Å². The molecule has 0 unspecified atom stereocenters. The van der Waals surface area contributed by atoms with E-state index in [9.17, 15) is 4.79 Å². The fourth-order valence-electron chi connectivity index (χ4n) is 2.92. The number of benzene rings is 1. The van der Waals surface area contributed by atoms with E-state index in [0.717, 1.165) is 29.9 Å². The Kier molecular flexibility index (Phi) is 5.08. The molecule has 1 saturated carbocycles. The van der Waals surface area contributed by atoms with E-state index in [1.807, 2.05) is 37.3 Å². The first kappa shape index (κ1) is 15.7. The molecule has 1 fully saturated rings. The van der Waals surface area contributed by atoms with Gasteiger partial charge in [0, 0.05) is 0 Å². The zero-order chi connectivity index (χ0) is 16.1. The van der Waals surface area contributed by atoms with Crippen LogP contribution >= 0.6 is 0 Å². The molecule has 1 heterocycles. The highest BCUT2D eigenvalue weighted by molar-refractivity contribution is 5.77. The first-order valence-electron chi connectivity index (χ1n) is 8.23. The van der Waals surface area contributed by atoms with Gasteiger partial charge in [0.05, 0.1) is 24.0 Å². The predicted octanol–water partition coefficient (Wildman–Crippen LogP) is 3.21. The van der Waals surface area contributed by atoms with Gasteiger partial charge < -0.3 is 15.0 Å². The number of nitrogens with one attached hydrogen (secondary N) is 2. The van der Waals surface area contributed by atoms with Gasteiger partial charge in [0.25, 0.3) is 0 Å². The van der Waals surface area contributed by atoms with Crippen molar-refractivity contribution in [2.75, 3.05) is 6.61 Å². The average molecular weight is 313 g/mol. The van der Waals surface area contributed by atoms with E-state index in [4.69, 9.17) is 4.74 Å². The summed E-state index contributed by atoms with van der Waals surface area (Å²) in [5.74, 6) is 0.653. The highest BCUT2D eigenvalue weighted by atomic mass is 16.5. The third-order valence-corrected chi connectivity index (χ3v) is 4.22. The molecule has 1 aliphatic rings. The standard InChI is InChI=1S/C18H23N3O2/c1-13(20-17(22)12-23-15-9-5-6-10-15)18-19-11-16(21-18)14-7-3-2-4-8-14/h2-4,7-8,11,13,15H,5-6,9-10,12H2,1H3,(H,19,21)(H,20,22)/t13-/m0/s1. The Bertz CT molecular complexity index is 633. The highest BCUT2D eigenvalue weighted by Crippen LogP contribution is 2.21. The van der Waals surface area contributed by atoms with Gasteiger partial charge >= 0.3 is 0 Å². The minimum absolute atomic E-state index is 0.0953. The Hall–Kier alpha value is -2.14. The second-order valence-electron chi connectivity index (χ2n) is 6.05. The van der Waals surface area contributed by atoms with Crippen molar-refractivity contribution in [2.24, 2.45) is 0 Å². The van der Waals surface area contributed by atoms with E-state index in [2.05, 4.69) is 15.3 Å². The van der Waals surface area contributed by atoms with Crippen LogP contribution in [0.15, 0.2) is 36.5 Å². The van der Waals surface area contributed by atoms with Crippen molar-refractivity contribution < 1.29 is 9.53 Å². The molecule has 5 nitrogen and oxygen atoms in total. The van der Waals surface area contributed by atoms with Crippen molar-refractivity contribution in [3.63, 3.8) is 0 Å². The van der Waals surface area contributed by atoms with Crippen molar-refractivity contribution in [2.45, 2.75) is 44.8 Å². The topological polar surface area (TPSA) is 67.0 Å².